The third-order valence-electron chi connectivity index (χ3n) is 4.55. The number of carbonyl (C=O) groups excluding carboxylic acids is 1. The number of nitrogens with zero attached hydrogens (tertiary/aromatic N) is 2. The number of amides is 1. The van der Waals surface area contributed by atoms with Gasteiger partial charge in [0, 0.05) is 21.9 Å². The van der Waals surface area contributed by atoms with E-state index in [-0.39, 0.29) is 5.91 Å². The number of carbonyl (C=O) groups is 1. The maximum atomic E-state index is 12.2. The maximum Gasteiger partial charge on any atom is 0.251 e. The summed E-state index contributed by atoms with van der Waals surface area (Å²) < 4.78 is 5.42. The molecule has 0 bridgehead atoms. The molecule has 2 aromatic heterocycles. The highest BCUT2D eigenvalue weighted by Crippen LogP contribution is 2.33. The molecule has 3 aromatic rings. The average Bonchev–Trinajstić information content (AvgIpc) is 3.42. The normalized spacial score (nSPS) is 14.7. The van der Waals surface area contributed by atoms with Crippen LogP contribution in [0.1, 0.15) is 52.7 Å². The van der Waals surface area contributed by atoms with E-state index in [4.69, 9.17) is 4.52 Å². The van der Waals surface area contributed by atoms with Crippen LogP contribution >= 0.6 is 11.3 Å². The minimum absolute atomic E-state index is 0.0836. The Labute approximate surface area is 150 Å². The summed E-state index contributed by atoms with van der Waals surface area (Å²) in [5, 5.41) is 9.01. The molecule has 1 amide bonds. The molecule has 25 heavy (non-hydrogen) atoms. The van der Waals surface area contributed by atoms with Crippen LogP contribution in [0.2, 0.25) is 0 Å². The third-order valence-corrected chi connectivity index (χ3v) is 5.43. The number of hydrogen-bond acceptors (Lipinski definition) is 5. The minimum atomic E-state index is -0.0836. The molecule has 1 aromatic carbocycles. The Morgan fingerprint density at radius 2 is 2.00 bits per heavy atom. The lowest BCUT2D eigenvalue weighted by atomic mass is 10.1. The fraction of sp³-hybridized carbons (Fsp3) is 0.316. The monoisotopic (exact) mass is 353 g/mol. The molecular weight excluding hydrogens is 334 g/mol. The summed E-state index contributed by atoms with van der Waals surface area (Å²) in [5.74, 6) is 1.65. The van der Waals surface area contributed by atoms with Crippen molar-refractivity contribution in [1.82, 2.24) is 15.5 Å². The molecule has 2 heterocycles. The number of nitrogens with one attached hydrogen (secondary N) is 1. The molecule has 128 valence electrons. The van der Waals surface area contributed by atoms with Gasteiger partial charge in [0.1, 0.15) is 0 Å². The summed E-state index contributed by atoms with van der Waals surface area (Å²) in [6, 6.07) is 11.3. The Morgan fingerprint density at radius 3 is 2.72 bits per heavy atom. The zero-order valence-electron chi connectivity index (χ0n) is 13.8. The molecule has 0 radical (unpaired) electrons. The molecule has 1 N–H and O–H groups in total. The van der Waals surface area contributed by atoms with Gasteiger partial charge in [0.05, 0.1) is 6.54 Å². The Balaban J connectivity index is 1.42. The van der Waals surface area contributed by atoms with E-state index in [2.05, 4.69) is 15.5 Å². The van der Waals surface area contributed by atoms with E-state index >= 15 is 0 Å². The fourth-order valence-corrected chi connectivity index (χ4v) is 3.79. The Bertz CT molecular complexity index is 834. The Kier molecular flexibility index (Phi) is 4.61. The van der Waals surface area contributed by atoms with Gasteiger partial charge in [0.15, 0.2) is 0 Å². The van der Waals surface area contributed by atoms with Crippen LogP contribution in [0, 0.1) is 0 Å². The number of benzene rings is 1. The molecular formula is C19H19N3O2S. The first-order chi connectivity index (χ1) is 12.3. The van der Waals surface area contributed by atoms with Crippen LogP contribution in [-0.4, -0.2) is 16.0 Å². The van der Waals surface area contributed by atoms with Crippen molar-refractivity contribution < 1.29 is 9.32 Å². The van der Waals surface area contributed by atoms with Crippen LogP contribution in [0.15, 0.2) is 46.3 Å². The molecule has 0 spiro atoms. The molecule has 1 saturated carbocycles. The van der Waals surface area contributed by atoms with Crippen molar-refractivity contribution in [1.29, 1.82) is 0 Å². The third kappa shape index (κ3) is 3.64. The van der Waals surface area contributed by atoms with Gasteiger partial charge in [-0.15, -0.1) is 11.3 Å². The van der Waals surface area contributed by atoms with Crippen molar-refractivity contribution in [2.45, 2.75) is 38.1 Å². The summed E-state index contributed by atoms with van der Waals surface area (Å²) in [6.07, 6.45) is 4.73. The van der Waals surface area contributed by atoms with E-state index in [9.17, 15) is 4.79 Å². The van der Waals surface area contributed by atoms with Crippen molar-refractivity contribution in [2.24, 2.45) is 0 Å². The first-order valence-corrected chi connectivity index (χ1v) is 9.42. The van der Waals surface area contributed by atoms with E-state index in [1.807, 2.05) is 29.6 Å². The fourth-order valence-electron chi connectivity index (χ4n) is 3.14. The summed E-state index contributed by atoms with van der Waals surface area (Å²) in [5.41, 5.74) is 1.49. The number of rotatable bonds is 5. The highest BCUT2D eigenvalue weighted by molar-refractivity contribution is 7.09. The first-order valence-electron chi connectivity index (χ1n) is 8.54. The van der Waals surface area contributed by atoms with Gasteiger partial charge in [-0.1, -0.05) is 36.2 Å². The molecule has 0 atom stereocenters. The summed E-state index contributed by atoms with van der Waals surface area (Å²) >= 11 is 1.63. The number of hydrogen-bond donors (Lipinski definition) is 1. The van der Waals surface area contributed by atoms with Gasteiger partial charge in [0.25, 0.3) is 5.91 Å². The zero-order valence-corrected chi connectivity index (χ0v) is 14.6. The van der Waals surface area contributed by atoms with Crippen LogP contribution in [0.4, 0.5) is 0 Å². The summed E-state index contributed by atoms with van der Waals surface area (Å²) in [6.45, 7) is 0.549. The van der Waals surface area contributed by atoms with Gasteiger partial charge < -0.3 is 9.84 Å². The van der Waals surface area contributed by atoms with E-state index in [1.54, 1.807) is 23.5 Å². The molecule has 4 rings (SSSR count). The molecule has 0 saturated heterocycles. The SMILES string of the molecule is O=C(NCc1cccs1)c1ccc(-c2noc(C3CCCC3)n2)cc1. The second-order valence-electron chi connectivity index (χ2n) is 6.28. The van der Waals surface area contributed by atoms with Crippen molar-refractivity contribution in [3.05, 3.63) is 58.1 Å². The maximum absolute atomic E-state index is 12.2. The van der Waals surface area contributed by atoms with Crippen LogP contribution in [0.25, 0.3) is 11.4 Å². The molecule has 1 aliphatic rings. The van der Waals surface area contributed by atoms with Crippen LogP contribution in [0.3, 0.4) is 0 Å². The predicted octanol–water partition coefficient (Wildman–Crippen LogP) is 4.39. The van der Waals surface area contributed by atoms with Crippen LogP contribution in [0.5, 0.6) is 0 Å². The standard InChI is InChI=1S/C19H19N3O2S/c23-18(20-12-16-6-3-11-25-16)14-9-7-13(8-10-14)17-21-19(24-22-17)15-4-1-2-5-15/h3,6-11,15H,1-2,4-5,12H2,(H,20,23). The van der Waals surface area contributed by atoms with E-state index in [1.165, 1.54) is 12.8 Å². The van der Waals surface area contributed by atoms with Crippen LogP contribution in [-0.2, 0) is 6.54 Å². The van der Waals surface area contributed by atoms with Gasteiger partial charge >= 0.3 is 0 Å². The van der Waals surface area contributed by atoms with Crippen molar-refractivity contribution >= 4 is 17.2 Å². The highest BCUT2D eigenvalue weighted by atomic mass is 32.1. The van der Waals surface area contributed by atoms with Gasteiger partial charge in [-0.2, -0.15) is 4.98 Å². The lowest BCUT2D eigenvalue weighted by Gasteiger charge is -2.04. The average molecular weight is 353 g/mol. The van der Waals surface area contributed by atoms with Crippen molar-refractivity contribution in [3.63, 3.8) is 0 Å². The molecule has 6 heteroatoms. The Hall–Kier alpha value is -2.47. The minimum Gasteiger partial charge on any atom is -0.347 e. The molecule has 1 aliphatic carbocycles. The second-order valence-corrected chi connectivity index (χ2v) is 7.31. The van der Waals surface area contributed by atoms with Crippen molar-refractivity contribution in [2.75, 3.05) is 0 Å². The highest BCUT2D eigenvalue weighted by Gasteiger charge is 2.23. The zero-order chi connectivity index (χ0) is 17.1. The lowest BCUT2D eigenvalue weighted by molar-refractivity contribution is 0.0951. The van der Waals surface area contributed by atoms with Crippen LogP contribution < -0.4 is 5.32 Å². The topological polar surface area (TPSA) is 68.0 Å². The smallest absolute Gasteiger partial charge is 0.251 e. The second kappa shape index (κ2) is 7.19. The number of aromatic nitrogens is 2. The van der Waals surface area contributed by atoms with Gasteiger partial charge in [0.2, 0.25) is 11.7 Å². The molecule has 5 nitrogen and oxygen atoms in total. The molecule has 1 fully saturated rings. The van der Waals surface area contributed by atoms with E-state index < -0.39 is 0 Å². The quantitative estimate of drug-likeness (QED) is 0.739. The molecule has 0 unspecified atom stereocenters. The summed E-state index contributed by atoms with van der Waals surface area (Å²) in [4.78, 5) is 17.9. The van der Waals surface area contributed by atoms with Crippen molar-refractivity contribution in [3.8, 4) is 11.4 Å². The summed E-state index contributed by atoms with van der Waals surface area (Å²) in [7, 11) is 0. The Morgan fingerprint density at radius 1 is 1.20 bits per heavy atom. The van der Waals surface area contributed by atoms with Gasteiger partial charge in [-0.3, -0.25) is 4.79 Å². The predicted molar refractivity (Wildman–Crippen MR) is 96.4 cm³/mol. The lowest BCUT2D eigenvalue weighted by Crippen LogP contribution is -2.22. The largest absolute Gasteiger partial charge is 0.347 e. The van der Waals surface area contributed by atoms with Gasteiger partial charge in [-0.05, 0) is 36.4 Å². The van der Waals surface area contributed by atoms with E-state index in [0.717, 1.165) is 29.2 Å². The number of thiophene rings is 1. The van der Waals surface area contributed by atoms with Gasteiger partial charge in [-0.25, -0.2) is 0 Å². The van der Waals surface area contributed by atoms with E-state index in [0.29, 0.717) is 23.9 Å². The first kappa shape index (κ1) is 16.0. The molecule has 0 aliphatic heterocycles.